The van der Waals surface area contributed by atoms with Crippen LogP contribution < -0.4 is 10.2 Å². The molecule has 118 valence electrons. The Bertz CT molecular complexity index is 467. The van der Waals surface area contributed by atoms with Crippen LogP contribution in [0.2, 0.25) is 0 Å². The number of hydrogen-bond acceptors (Lipinski definition) is 2. The standard InChI is InChI=1S/C19H32N2/c1-13(2)20-11-18-7-8-19(10-16(18)5)21-12-14(3)9-15(4)17(21)6/h7-8,10,13-15,17,20H,9,11-12H2,1-6H3. The molecule has 0 spiro atoms. The zero-order valence-corrected chi connectivity index (χ0v) is 14.6. The number of hydrogen-bond donors (Lipinski definition) is 1. The van der Waals surface area contributed by atoms with Crippen LogP contribution >= 0.6 is 0 Å². The first-order chi connectivity index (χ1) is 9.88. The van der Waals surface area contributed by atoms with Crippen LogP contribution in [0, 0.1) is 18.8 Å². The van der Waals surface area contributed by atoms with Gasteiger partial charge in [-0.3, -0.25) is 0 Å². The Kier molecular flexibility index (Phi) is 5.32. The van der Waals surface area contributed by atoms with Gasteiger partial charge in [-0.25, -0.2) is 0 Å². The van der Waals surface area contributed by atoms with Crippen molar-refractivity contribution in [3.8, 4) is 0 Å². The van der Waals surface area contributed by atoms with Crippen molar-refractivity contribution in [3.05, 3.63) is 29.3 Å². The SMILES string of the molecule is Cc1cc(N2CC(C)CC(C)C2C)ccc1CNC(C)C. The Labute approximate surface area is 130 Å². The van der Waals surface area contributed by atoms with Gasteiger partial charge < -0.3 is 10.2 Å². The summed E-state index contributed by atoms with van der Waals surface area (Å²) in [6.07, 6.45) is 1.35. The molecule has 21 heavy (non-hydrogen) atoms. The van der Waals surface area contributed by atoms with E-state index in [1.807, 2.05) is 0 Å². The van der Waals surface area contributed by atoms with Gasteiger partial charge >= 0.3 is 0 Å². The summed E-state index contributed by atoms with van der Waals surface area (Å²) in [7, 11) is 0. The predicted molar refractivity (Wildman–Crippen MR) is 92.9 cm³/mol. The van der Waals surface area contributed by atoms with Crippen LogP contribution in [0.3, 0.4) is 0 Å². The second-order valence-corrected chi connectivity index (χ2v) is 7.36. The minimum atomic E-state index is 0.535. The first-order valence-electron chi connectivity index (χ1n) is 8.48. The first-order valence-corrected chi connectivity index (χ1v) is 8.48. The molecule has 1 aromatic rings. The average Bonchev–Trinajstić information content (AvgIpc) is 2.41. The van der Waals surface area contributed by atoms with E-state index in [0.717, 1.165) is 18.4 Å². The molecule has 1 fully saturated rings. The highest BCUT2D eigenvalue weighted by Gasteiger charge is 2.28. The van der Waals surface area contributed by atoms with E-state index < -0.39 is 0 Å². The second kappa shape index (κ2) is 6.83. The molecule has 1 heterocycles. The van der Waals surface area contributed by atoms with Gasteiger partial charge in [0.1, 0.15) is 0 Å². The Morgan fingerprint density at radius 1 is 1.24 bits per heavy atom. The lowest BCUT2D eigenvalue weighted by Crippen LogP contribution is -2.45. The van der Waals surface area contributed by atoms with Gasteiger partial charge in [-0.2, -0.15) is 0 Å². The van der Waals surface area contributed by atoms with Crippen molar-refractivity contribution in [1.29, 1.82) is 0 Å². The van der Waals surface area contributed by atoms with Crippen molar-refractivity contribution in [3.63, 3.8) is 0 Å². The normalized spacial score (nSPS) is 26.4. The van der Waals surface area contributed by atoms with E-state index in [-0.39, 0.29) is 0 Å². The zero-order valence-electron chi connectivity index (χ0n) is 14.6. The summed E-state index contributed by atoms with van der Waals surface area (Å²) in [6, 6.07) is 8.16. The summed E-state index contributed by atoms with van der Waals surface area (Å²) < 4.78 is 0. The molecule has 2 heteroatoms. The monoisotopic (exact) mass is 288 g/mol. The minimum Gasteiger partial charge on any atom is -0.368 e. The fourth-order valence-corrected chi connectivity index (χ4v) is 3.43. The molecule has 3 atom stereocenters. The smallest absolute Gasteiger partial charge is 0.0371 e. The van der Waals surface area contributed by atoms with E-state index in [2.05, 4.69) is 70.0 Å². The number of aryl methyl sites for hydroxylation is 1. The molecule has 2 nitrogen and oxygen atoms in total. The Balaban J connectivity index is 2.15. The lowest BCUT2D eigenvalue weighted by Gasteiger charge is -2.43. The van der Waals surface area contributed by atoms with Crippen molar-refractivity contribution in [1.82, 2.24) is 5.32 Å². The molecule has 3 unspecified atom stereocenters. The van der Waals surface area contributed by atoms with Gasteiger partial charge in [0.15, 0.2) is 0 Å². The average molecular weight is 288 g/mol. The summed E-state index contributed by atoms with van der Waals surface area (Å²) >= 11 is 0. The maximum absolute atomic E-state index is 3.51. The first kappa shape index (κ1) is 16.4. The van der Waals surface area contributed by atoms with Crippen molar-refractivity contribution < 1.29 is 0 Å². The number of nitrogens with zero attached hydrogens (tertiary/aromatic N) is 1. The molecule has 0 aliphatic carbocycles. The summed E-state index contributed by atoms with van der Waals surface area (Å²) in [5.41, 5.74) is 4.21. The molecule has 0 bridgehead atoms. The quantitative estimate of drug-likeness (QED) is 0.885. The van der Waals surface area contributed by atoms with E-state index in [1.54, 1.807) is 0 Å². The highest BCUT2D eigenvalue weighted by Crippen LogP contribution is 2.32. The van der Waals surface area contributed by atoms with Gasteiger partial charge in [-0.15, -0.1) is 0 Å². The van der Waals surface area contributed by atoms with Gasteiger partial charge in [0.05, 0.1) is 0 Å². The summed E-state index contributed by atoms with van der Waals surface area (Å²) in [5.74, 6) is 1.56. The number of nitrogens with one attached hydrogen (secondary N) is 1. The van der Waals surface area contributed by atoms with E-state index >= 15 is 0 Å². The molecule has 1 aromatic carbocycles. The second-order valence-electron chi connectivity index (χ2n) is 7.36. The van der Waals surface area contributed by atoms with Gasteiger partial charge in [0.25, 0.3) is 0 Å². The minimum absolute atomic E-state index is 0.535. The van der Waals surface area contributed by atoms with Crippen molar-refractivity contribution in [2.45, 2.75) is 66.6 Å². The fraction of sp³-hybridized carbons (Fsp3) is 0.684. The predicted octanol–water partition coefficient (Wildman–Crippen LogP) is 4.36. The van der Waals surface area contributed by atoms with E-state index in [4.69, 9.17) is 0 Å². The van der Waals surface area contributed by atoms with Crippen molar-refractivity contribution in [2.75, 3.05) is 11.4 Å². The summed E-state index contributed by atoms with van der Waals surface area (Å²) in [5, 5.41) is 3.51. The number of benzene rings is 1. The molecule has 0 aromatic heterocycles. The van der Waals surface area contributed by atoms with Crippen molar-refractivity contribution >= 4 is 5.69 Å². The molecular formula is C19H32N2. The van der Waals surface area contributed by atoms with E-state index in [1.165, 1.54) is 29.8 Å². The Hall–Kier alpha value is -1.02. The zero-order chi connectivity index (χ0) is 15.6. The van der Waals surface area contributed by atoms with Gasteiger partial charge in [-0.05, 0) is 55.4 Å². The number of piperidine rings is 1. The molecular weight excluding hydrogens is 256 g/mol. The summed E-state index contributed by atoms with van der Waals surface area (Å²) in [6.45, 7) is 15.9. The van der Waals surface area contributed by atoms with Crippen LogP contribution in [0.5, 0.6) is 0 Å². The third kappa shape index (κ3) is 4.00. The molecule has 1 aliphatic rings. The third-order valence-electron chi connectivity index (χ3n) is 4.96. The Morgan fingerprint density at radius 2 is 1.95 bits per heavy atom. The van der Waals surface area contributed by atoms with Crippen LogP contribution in [0.15, 0.2) is 18.2 Å². The summed E-state index contributed by atoms with van der Waals surface area (Å²) in [4.78, 5) is 2.60. The van der Waals surface area contributed by atoms with E-state index in [9.17, 15) is 0 Å². The van der Waals surface area contributed by atoms with Crippen LogP contribution in [0.1, 0.15) is 52.2 Å². The van der Waals surface area contributed by atoms with Crippen LogP contribution in [-0.4, -0.2) is 18.6 Å². The van der Waals surface area contributed by atoms with Gasteiger partial charge in [0, 0.05) is 30.9 Å². The van der Waals surface area contributed by atoms with Crippen molar-refractivity contribution in [2.24, 2.45) is 11.8 Å². The van der Waals surface area contributed by atoms with Gasteiger partial charge in [0.2, 0.25) is 0 Å². The molecule has 2 rings (SSSR count). The van der Waals surface area contributed by atoms with Crippen LogP contribution in [0.4, 0.5) is 5.69 Å². The number of rotatable bonds is 4. The highest BCUT2D eigenvalue weighted by molar-refractivity contribution is 5.52. The van der Waals surface area contributed by atoms with Crippen LogP contribution in [0.25, 0.3) is 0 Å². The lowest BCUT2D eigenvalue weighted by molar-refractivity contribution is 0.297. The fourth-order valence-electron chi connectivity index (χ4n) is 3.43. The van der Waals surface area contributed by atoms with Gasteiger partial charge in [-0.1, -0.05) is 33.8 Å². The highest BCUT2D eigenvalue weighted by atomic mass is 15.2. The molecule has 0 saturated carbocycles. The maximum Gasteiger partial charge on any atom is 0.0371 e. The van der Waals surface area contributed by atoms with E-state index in [0.29, 0.717) is 12.1 Å². The molecule has 0 radical (unpaired) electrons. The number of anilines is 1. The topological polar surface area (TPSA) is 15.3 Å². The lowest BCUT2D eigenvalue weighted by atomic mass is 9.85. The maximum atomic E-state index is 3.51. The largest absolute Gasteiger partial charge is 0.368 e. The molecule has 0 amide bonds. The molecule has 1 saturated heterocycles. The Morgan fingerprint density at radius 3 is 2.57 bits per heavy atom. The van der Waals surface area contributed by atoms with Crippen LogP contribution in [-0.2, 0) is 6.54 Å². The third-order valence-corrected chi connectivity index (χ3v) is 4.96. The molecule has 1 N–H and O–H groups in total. The molecule has 1 aliphatic heterocycles.